The van der Waals surface area contributed by atoms with Gasteiger partial charge in [0.2, 0.25) is 0 Å². The lowest BCUT2D eigenvalue weighted by molar-refractivity contribution is -1.00. The topological polar surface area (TPSA) is 47.7 Å². The van der Waals surface area contributed by atoms with Crippen molar-refractivity contribution in [1.29, 1.82) is 0 Å². The lowest BCUT2D eigenvalue weighted by Crippen LogP contribution is -3.27. The van der Waals surface area contributed by atoms with E-state index in [9.17, 15) is 4.79 Å². The zero-order valence-corrected chi connectivity index (χ0v) is 16.0. The van der Waals surface area contributed by atoms with Gasteiger partial charge in [-0.2, -0.15) is 0 Å². The zero-order chi connectivity index (χ0) is 17.4. The lowest BCUT2D eigenvalue weighted by atomic mass is 9.53. The number of rotatable bonds is 2. The molecular weight excluding hydrogens is 316 g/mol. The maximum atomic E-state index is 12.7. The molecule has 0 amide bonds. The highest BCUT2D eigenvalue weighted by atomic mass is 16.6. The van der Waals surface area contributed by atoms with Gasteiger partial charge in [0.1, 0.15) is 43.8 Å². The van der Waals surface area contributed by atoms with Crippen LogP contribution in [0.15, 0.2) is 0 Å². The number of ether oxygens (including phenoxy) is 2. The molecule has 3 saturated heterocycles. The van der Waals surface area contributed by atoms with Crippen molar-refractivity contribution in [2.45, 2.75) is 57.3 Å². The Bertz CT molecular complexity index is 575. The molecule has 5 heteroatoms. The van der Waals surface area contributed by atoms with Gasteiger partial charge in [-0.3, -0.25) is 4.79 Å². The van der Waals surface area contributed by atoms with Crippen LogP contribution in [0, 0.1) is 23.2 Å². The Morgan fingerprint density at radius 2 is 2.00 bits per heavy atom. The predicted octanol–water partition coefficient (Wildman–Crippen LogP) is -1.07. The van der Waals surface area contributed by atoms with Crippen LogP contribution in [0.4, 0.5) is 0 Å². The fourth-order valence-electron chi connectivity index (χ4n) is 7.01. The van der Waals surface area contributed by atoms with Crippen LogP contribution in [0.5, 0.6) is 0 Å². The number of hydrogen-bond donors (Lipinski definition) is 2. The molecule has 3 heterocycles. The Labute approximate surface area is 151 Å². The smallest absolute Gasteiger partial charge is 0.315 e. The normalized spacial score (nSPS) is 57.2. The maximum absolute atomic E-state index is 12.7. The van der Waals surface area contributed by atoms with E-state index in [0.717, 1.165) is 13.0 Å². The number of piperazine rings is 1. The van der Waals surface area contributed by atoms with Crippen molar-refractivity contribution in [3.63, 3.8) is 0 Å². The third-order valence-corrected chi connectivity index (χ3v) is 8.51. The van der Waals surface area contributed by atoms with Crippen LogP contribution in [0.3, 0.4) is 0 Å². The van der Waals surface area contributed by atoms with Crippen LogP contribution < -0.4 is 9.80 Å². The second-order valence-corrected chi connectivity index (χ2v) is 9.96. The number of carbonyl (C=O) groups excluding carboxylic acids is 1. The molecule has 140 valence electrons. The van der Waals surface area contributed by atoms with E-state index in [2.05, 4.69) is 20.9 Å². The molecule has 0 radical (unpaired) electrons. The van der Waals surface area contributed by atoms with E-state index in [1.807, 2.05) is 0 Å². The summed E-state index contributed by atoms with van der Waals surface area (Å²) in [5, 5.41) is 0. The second-order valence-electron chi connectivity index (χ2n) is 9.96. The minimum Gasteiger partial charge on any atom is -0.462 e. The van der Waals surface area contributed by atoms with Gasteiger partial charge >= 0.3 is 5.97 Å². The lowest BCUT2D eigenvalue weighted by Gasteiger charge is -2.48. The number of fused-ring (bicyclic) bond motifs is 2. The average Bonchev–Trinajstić information content (AvgIpc) is 3.25. The summed E-state index contributed by atoms with van der Waals surface area (Å²) in [5.41, 5.74) is 0.246. The first-order valence-electron chi connectivity index (χ1n) is 10.5. The Kier molecular flexibility index (Phi) is 3.59. The molecule has 25 heavy (non-hydrogen) atoms. The van der Waals surface area contributed by atoms with Gasteiger partial charge in [-0.25, -0.2) is 0 Å². The van der Waals surface area contributed by atoms with E-state index in [1.165, 1.54) is 45.4 Å². The number of hydrogen-bond acceptors (Lipinski definition) is 3. The Morgan fingerprint density at radius 3 is 2.76 bits per heavy atom. The van der Waals surface area contributed by atoms with Gasteiger partial charge < -0.3 is 19.3 Å². The summed E-state index contributed by atoms with van der Waals surface area (Å²) < 4.78 is 12.5. The molecule has 2 N–H and O–H groups in total. The third kappa shape index (κ3) is 2.21. The fraction of sp³-hybridized carbons (Fsp3) is 0.950. The van der Waals surface area contributed by atoms with E-state index in [1.54, 1.807) is 9.80 Å². The zero-order valence-electron chi connectivity index (χ0n) is 16.0. The molecule has 2 aliphatic carbocycles. The van der Waals surface area contributed by atoms with E-state index in [4.69, 9.17) is 9.47 Å². The minimum absolute atomic E-state index is 0.0419. The number of carbonyl (C=O) groups is 1. The maximum Gasteiger partial charge on any atom is 0.315 e. The first kappa shape index (κ1) is 16.5. The first-order valence-corrected chi connectivity index (χ1v) is 10.5. The third-order valence-electron chi connectivity index (χ3n) is 8.51. The Morgan fingerprint density at radius 1 is 1.24 bits per heavy atom. The average molecular weight is 351 g/mol. The molecule has 5 fully saturated rings. The van der Waals surface area contributed by atoms with Crippen molar-refractivity contribution in [2.75, 3.05) is 39.8 Å². The van der Waals surface area contributed by atoms with Gasteiger partial charge in [0.15, 0.2) is 0 Å². The molecule has 1 spiro atoms. The summed E-state index contributed by atoms with van der Waals surface area (Å²) in [6.45, 7) is 10.5. The van der Waals surface area contributed by atoms with Crippen molar-refractivity contribution < 1.29 is 24.1 Å². The molecule has 5 rings (SSSR count). The van der Waals surface area contributed by atoms with E-state index < -0.39 is 0 Å². The first-order chi connectivity index (χ1) is 11.9. The van der Waals surface area contributed by atoms with E-state index >= 15 is 0 Å². The van der Waals surface area contributed by atoms with Crippen molar-refractivity contribution >= 4 is 5.97 Å². The van der Waals surface area contributed by atoms with Crippen molar-refractivity contribution in [1.82, 2.24) is 0 Å². The van der Waals surface area contributed by atoms with E-state index in [-0.39, 0.29) is 35.1 Å². The van der Waals surface area contributed by atoms with Crippen LogP contribution in [0.2, 0.25) is 0 Å². The summed E-state index contributed by atoms with van der Waals surface area (Å²) in [4.78, 5) is 15.9. The van der Waals surface area contributed by atoms with Crippen molar-refractivity contribution in [2.24, 2.45) is 23.2 Å². The summed E-state index contributed by atoms with van der Waals surface area (Å²) in [6, 6.07) is 0. The molecule has 5 nitrogen and oxygen atoms in total. The molecular formula is C20H34N2O3+2. The van der Waals surface area contributed by atoms with Crippen molar-refractivity contribution in [3.05, 3.63) is 0 Å². The number of epoxide rings is 1. The largest absolute Gasteiger partial charge is 0.462 e. The van der Waals surface area contributed by atoms with Crippen LogP contribution >= 0.6 is 0 Å². The minimum atomic E-state index is 0.0419. The second kappa shape index (κ2) is 5.43. The van der Waals surface area contributed by atoms with Crippen molar-refractivity contribution in [3.8, 4) is 0 Å². The summed E-state index contributed by atoms with van der Waals surface area (Å²) in [7, 11) is 2.27. The molecule has 0 bridgehead atoms. The SMILES string of the molecule is C[C@H]1CCC[C@]2(C)C[C@H]3OC(=O)[C@H](C[NH+]4CC[NH+](C)CC4)[C@H]3[C@@H]3O[C@@]132. The van der Waals surface area contributed by atoms with E-state index in [0.29, 0.717) is 11.8 Å². The van der Waals surface area contributed by atoms with Gasteiger partial charge in [0, 0.05) is 11.3 Å². The highest BCUT2D eigenvalue weighted by Gasteiger charge is 2.78. The number of quaternary nitrogens is 2. The highest BCUT2D eigenvalue weighted by molar-refractivity contribution is 5.76. The van der Waals surface area contributed by atoms with Gasteiger partial charge in [-0.1, -0.05) is 20.3 Å². The monoisotopic (exact) mass is 350 g/mol. The molecule has 0 aromatic heterocycles. The van der Waals surface area contributed by atoms with Crippen LogP contribution in [-0.4, -0.2) is 63.5 Å². The van der Waals surface area contributed by atoms with Gasteiger partial charge in [-0.15, -0.1) is 0 Å². The number of nitrogens with one attached hydrogen (secondary N) is 2. The predicted molar refractivity (Wildman–Crippen MR) is 92.4 cm³/mol. The molecule has 2 saturated carbocycles. The summed E-state index contributed by atoms with van der Waals surface area (Å²) in [6.07, 6.45) is 5.17. The molecule has 7 atom stereocenters. The van der Waals surface area contributed by atoms with Gasteiger partial charge in [0.05, 0.1) is 19.7 Å². The van der Waals surface area contributed by atoms with Crippen LogP contribution in [0.1, 0.15) is 39.5 Å². The number of esters is 1. The summed E-state index contributed by atoms with van der Waals surface area (Å²) in [5.74, 6) is 1.05. The standard InChI is InChI=1S/C20H32N2O3/c1-13-5-4-6-19(2)11-15-16(17-20(13,19)25-17)14(18(23)24-15)12-22-9-7-21(3)8-10-22/h13-17H,4-12H2,1-3H3/p+2/t13-,14+,15+,16+,17-,19+,20-/m0/s1. The van der Waals surface area contributed by atoms with Crippen LogP contribution in [0.25, 0.3) is 0 Å². The van der Waals surface area contributed by atoms with Crippen LogP contribution in [-0.2, 0) is 14.3 Å². The highest BCUT2D eigenvalue weighted by Crippen LogP contribution is 2.70. The molecule has 3 aliphatic heterocycles. The Balaban J connectivity index is 1.37. The quantitative estimate of drug-likeness (QED) is 0.492. The fourth-order valence-corrected chi connectivity index (χ4v) is 7.01. The molecule has 0 aromatic carbocycles. The molecule has 0 unspecified atom stereocenters. The number of likely N-dealkylation sites (N-methyl/N-ethyl adjacent to an activating group) is 1. The van der Waals surface area contributed by atoms with Gasteiger partial charge in [-0.05, 0) is 25.2 Å². The Hall–Kier alpha value is -0.650. The van der Waals surface area contributed by atoms with Gasteiger partial charge in [0.25, 0.3) is 0 Å². The molecule has 0 aromatic rings. The summed E-state index contributed by atoms with van der Waals surface area (Å²) >= 11 is 0. The molecule has 5 aliphatic rings.